The number of benzene rings is 1. The Hall–Kier alpha value is -1.56. The normalized spacial score (nSPS) is 9.50. The molecule has 2 rings (SSSR count). The number of methoxy groups -OCH3 is 2. The van der Waals surface area contributed by atoms with E-state index in [1.807, 2.05) is 12.1 Å². The number of aromatic carboxylic acids is 1. The van der Waals surface area contributed by atoms with Gasteiger partial charge in [0.15, 0.2) is 0 Å². The van der Waals surface area contributed by atoms with Crippen LogP contribution in [0.2, 0.25) is 0 Å². The number of carboxylic acids is 1. The van der Waals surface area contributed by atoms with Crippen LogP contribution in [-0.4, -0.2) is 25.2 Å². The maximum Gasteiger partial charge on any atom is 1.00 e. The van der Waals surface area contributed by atoms with Crippen molar-refractivity contribution in [3.05, 3.63) is 42.0 Å². The van der Waals surface area contributed by atoms with Crippen LogP contribution in [0.5, 0.6) is 11.6 Å². The molecule has 1 heterocycles. The first-order chi connectivity index (χ1) is 9.15. The molecule has 0 radical (unpaired) electrons. The van der Waals surface area contributed by atoms with E-state index in [1.165, 1.54) is 13.2 Å². The van der Waals surface area contributed by atoms with Crippen LogP contribution in [0.25, 0.3) is 11.3 Å². The van der Waals surface area contributed by atoms with Crippen molar-refractivity contribution in [3.63, 3.8) is 0 Å². The van der Waals surface area contributed by atoms with E-state index < -0.39 is 5.97 Å². The van der Waals surface area contributed by atoms with Crippen LogP contribution < -0.4 is 44.1 Å². The van der Waals surface area contributed by atoms with Gasteiger partial charge in [-0.05, 0) is 36.4 Å². The van der Waals surface area contributed by atoms with Crippen LogP contribution in [0.1, 0.15) is 10.4 Å². The average molecular weight is 281 g/mol. The van der Waals surface area contributed by atoms with Crippen LogP contribution >= 0.6 is 0 Å². The van der Waals surface area contributed by atoms with Crippen molar-refractivity contribution in [2.45, 2.75) is 0 Å². The molecule has 0 unspecified atom stereocenters. The Morgan fingerprint density at radius 1 is 1.05 bits per heavy atom. The van der Waals surface area contributed by atoms with Gasteiger partial charge in [-0.3, -0.25) is 0 Å². The van der Waals surface area contributed by atoms with Gasteiger partial charge < -0.3 is 19.4 Å². The molecule has 0 spiro atoms. The monoisotopic (exact) mass is 281 g/mol. The van der Waals surface area contributed by atoms with Gasteiger partial charge in [-0.1, -0.05) is 0 Å². The first kappa shape index (κ1) is 16.5. The first-order valence-corrected chi connectivity index (χ1v) is 5.56. The topological polar surface area (TPSA) is 71.5 Å². The number of ether oxygens (including phenoxy) is 2. The summed E-state index contributed by atoms with van der Waals surface area (Å²) in [5.41, 5.74) is 1.38. The fourth-order valence-corrected chi connectivity index (χ4v) is 1.67. The summed E-state index contributed by atoms with van der Waals surface area (Å²) >= 11 is 0. The van der Waals surface area contributed by atoms with Gasteiger partial charge >= 0.3 is 29.6 Å². The minimum absolute atomic E-state index is 0. The Balaban J connectivity index is 0.00000200. The van der Waals surface area contributed by atoms with E-state index in [-0.39, 0.29) is 41.0 Å². The van der Waals surface area contributed by atoms with Gasteiger partial charge in [0.1, 0.15) is 5.75 Å². The molecule has 20 heavy (non-hydrogen) atoms. The fourth-order valence-electron chi connectivity index (χ4n) is 1.67. The van der Waals surface area contributed by atoms with Gasteiger partial charge in [0.05, 0.1) is 31.4 Å². The van der Waals surface area contributed by atoms with E-state index in [4.69, 9.17) is 9.47 Å². The van der Waals surface area contributed by atoms with Gasteiger partial charge in [-0.2, -0.15) is 0 Å². The number of nitrogens with zero attached hydrogens (tertiary/aromatic N) is 1. The molecule has 0 aliphatic rings. The maximum atomic E-state index is 10.9. The van der Waals surface area contributed by atoms with E-state index in [1.54, 1.807) is 25.3 Å². The molecule has 1 aromatic heterocycles. The first-order valence-electron chi connectivity index (χ1n) is 5.56. The largest absolute Gasteiger partial charge is 1.00 e. The number of aromatic nitrogens is 1. The molecule has 6 heteroatoms. The summed E-state index contributed by atoms with van der Waals surface area (Å²) in [4.78, 5) is 15.0. The minimum Gasteiger partial charge on any atom is -0.545 e. The number of carbonyl (C=O) groups is 1. The zero-order chi connectivity index (χ0) is 13.8. The Morgan fingerprint density at radius 3 is 2.20 bits per heavy atom. The zero-order valence-corrected chi connectivity index (χ0v) is 13.5. The van der Waals surface area contributed by atoms with Crippen molar-refractivity contribution in [3.8, 4) is 22.9 Å². The summed E-state index contributed by atoms with van der Waals surface area (Å²) in [6.07, 6.45) is 0. The second kappa shape index (κ2) is 7.28. The summed E-state index contributed by atoms with van der Waals surface area (Å²) in [5, 5.41) is 10.9. The number of rotatable bonds is 4. The smallest absolute Gasteiger partial charge is 0.545 e. The standard InChI is InChI=1S/C14H13NO4.Na/c1-18-10-5-3-9(4-6-10)12-8-7-11(14(16)17)13(15-12)19-2;/h3-8H,1-2H3,(H,16,17);/q;+1/p-1. The molecule has 0 bridgehead atoms. The van der Waals surface area contributed by atoms with Crippen molar-refractivity contribution < 1.29 is 48.9 Å². The second-order valence-electron chi connectivity index (χ2n) is 3.77. The van der Waals surface area contributed by atoms with E-state index in [2.05, 4.69) is 4.98 Å². The molecule has 0 N–H and O–H groups in total. The Morgan fingerprint density at radius 2 is 1.70 bits per heavy atom. The molecule has 0 atom stereocenters. The molecular formula is C14H12NNaO4. The van der Waals surface area contributed by atoms with Gasteiger partial charge in [0.25, 0.3) is 0 Å². The molecule has 0 saturated heterocycles. The summed E-state index contributed by atoms with van der Waals surface area (Å²) in [6.45, 7) is 0. The fraction of sp³-hybridized carbons (Fsp3) is 0.143. The summed E-state index contributed by atoms with van der Waals surface area (Å²) in [5.74, 6) is -0.541. The van der Waals surface area contributed by atoms with E-state index >= 15 is 0 Å². The number of pyridine rings is 1. The van der Waals surface area contributed by atoms with E-state index in [9.17, 15) is 9.90 Å². The van der Waals surface area contributed by atoms with Crippen LogP contribution in [0.4, 0.5) is 0 Å². The predicted molar refractivity (Wildman–Crippen MR) is 67.1 cm³/mol. The molecular weight excluding hydrogens is 269 g/mol. The van der Waals surface area contributed by atoms with Crippen molar-refractivity contribution in [1.29, 1.82) is 0 Å². The summed E-state index contributed by atoms with van der Waals surface area (Å²) in [6, 6.07) is 10.3. The summed E-state index contributed by atoms with van der Waals surface area (Å²) < 4.78 is 10.0. The third kappa shape index (κ3) is 3.50. The van der Waals surface area contributed by atoms with Gasteiger partial charge in [0, 0.05) is 5.56 Å². The molecule has 0 saturated carbocycles. The molecule has 2 aromatic rings. The van der Waals surface area contributed by atoms with Crippen molar-refractivity contribution in [1.82, 2.24) is 4.98 Å². The van der Waals surface area contributed by atoms with Crippen LogP contribution in [0.3, 0.4) is 0 Å². The van der Waals surface area contributed by atoms with Crippen molar-refractivity contribution >= 4 is 5.97 Å². The Labute approximate surface area is 138 Å². The molecule has 0 aliphatic heterocycles. The third-order valence-corrected chi connectivity index (χ3v) is 2.66. The molecule has 0 aliphatic carbocycles. The Kier molecular flexibility index (Phi) is 6.01. The van der Waals surface area contributed by atoms with Gasteiger partial charge in [0.2, 0.25) is 5.88 Å². The molecule has 0 amide bonds. The third-order valence-electron chi connectivity index (χ3n) is 2.66. The quantitative estimate of drug-likeness (QED) is 0.614. The number of carbonyl (C=O) groups excluding carboxylic acids is 1. The van der Waals surface area contributed by atoms with Crippen molar-refractivity contribution in [2.24, 2.45) is 0 Å². The van der Waals surface area contributed by atoms with Crippen LogP contribution in [-0.2, 0) is 0 Å². The molecule has 0 fully saturated rings. The van der Waals surface area contributed by atoms with Gasteiger partial charge in [-0.25, -0.2) is 4.98 Å². The summed E-state index contributed by atoms with van der Waals surface area (Å²) in [7, 11) is 2.96. The van der Waals surface area contributed by atoms with E-state index in [0.717, 1.165) is 11.3 Å². The van der Waals surface area contributed by atoms with Crippen LogP contribution in [0, 0.1) is 0 Å². The van der Waals surface area contributed by atoms with Crippen molar-refractivity contribution in [2.75, 3.05) is 14.2 Å². The predicted octanol–water partition coefficient (Wildman–Crippen LogP) is -1.87. The number of carboxylic acid groups (broad SMARTS) is 1. The molecule has 1 aromatic carbocycles. The zero-order valence-electron chi connectivity index (χ0n) is 11.5. The van der Waals surface area contributed by atoms with E-state index in [0.29, 0.717) is 5.69 Å². The Bertz CT molecular complexity index is 599. The second-order valence-corrected chi connectivity index (χ2v) is 3.77. The maximum absolute atomic E-state index is 10.9. The number of hydrogen-bond donors (Lipinski definition) is 0. The molecule has 98 valence electrons. The number of hydrogen-bond acceptors (Lipinski definition) is 5. The van der Waals surface area contributed by atoms with Crippen LogP contribution in [0.15, 0.2) is 36.4 Å². The minimum atomic E-state index is -1.31. The molecule has 5 nitrogen and oxygen atoms in total. The SMILES string of the molecule is COc1ccc(-c2ccc(C(=O)[O-])c(OC)n2)cc1.[Na+]. The van der Waals surface area contributed by atoms with Gasteiger partial charge in [-0.15, -0.1) is 0 Å². The average Bonchev–Trinajstić information content (AvgIpc) is 2.46.